The Bertz CT molecular complexity index is 797. The lowest BCUT2D eigenvalue weighted by atomic mass is 10.4. The van der Waals surface area contributed by atoms with Gasteiger partial charge in [-0.05, 0) is 12.5 Å². The molecule has 0 spiro atoms. The summed E-state index contributed by atoms with van der Waals surface area (Å²) < 4.78 is 47.6. The van der Waals surface area contributed by atoms with Crippen LogP contribution in [0.15, 0.2) is 28.5 Å². The van der Waals surface area contributed by atoms with Crippen molar-refractivity contribution in [2.24, 2.45) is 0 Å². The van der Waals surface area contributed by atoms with Crippen molar-refractivity contribution in [2.75, 3.05) is 12.5 Å². The van der Waals surface area contributed by atoms with Gasteiger partial charge in [0.05, 0.1) is 21.6 Å². The fraction of sp³-hybridized carbons (Fsp3) is 0.300. The largest absolute Gasteiger partial charge is 0.306 e. The minimum atomic E-state index is -3.30. The highest BCUT2D eigenvalue weighted by atomic mass is 33.1. The Morgan fingerprint density at radius 3 is 2.25 bits per heavy atom. The molecule has 2 aromatic heterocycles. The lowest BCUT2D eigenvalue weighted by Crippen LogP contribution is -1.93. The molecule has 0 saturated carbocycles. The van der Waals surface area contributed by atoms with Gasteiger partial charge in [-0.25, -0.2) is 16.8 Å². The van der Waals surface area contributed by atoms with Gasteiger partial charge in [0.1, 0.15) is 0 Å². The van der Waals surface area contributed by atoms with Gasteiger partial charge in [0.15, 0.2) is 0 Å². The third-order valence-corrected chi connectivity index (χ3v) is 7.07. The molecule has 0 bridgehead atoms. The summed E-state index contributed by atoms with van der Waals surface area (Å²) in [6, 6.07) is 0. The van der Waals surface area contributed by atoms with Crippen LogP contribution in [-0.2, 0) is 17.7 Å². The molecule has 10 heteroatoms. The summed E-state index contributed by atoms with van der Waals surface area (Å²) in [5.41, 5.74) is 1.19. The van der Waals surface area contributed by atoms with E-state index in [-0.39, 0.29) is 0 Å². The third-order valence-electron chi connectivity index (χ3n) is 2.34. The van der Waals surface area contributed by atoms with Crippen molar-refractivity contribution in [2.45, 2.75) is 16.8 Å². The van der Waals surface area contributed by atoms with Crippen LogP contribution in [-0.4, -0.2) is 38.7 Å². The SMILES string of the molecule is Cc1c(SS(C)(=O)=O)c2cnccn2c1SS(C)(=O)=O. The molecule has 20 heavy (non-hydrogen) atoms. The molecule has 2 heterocycles. The Hall–Kier alpha value is -0.710. The van der Waals surface area contributed by atoms with Crippen molar-refractivity contribution in [3.63, 3.8) is 0 Å². The number of hydrogen-bond acceptors (Lipinski definition) is 7. The summed E-state index contributed by atoms with van der Waals surface area (Å²) in [5, 5.41) is 0.482. The molecular weight excluding hydrogens is 340 g/mol. The molecule has 0 amide bonds. The first-order valence-corrected chi connectivity index (χ1v) is 11.8. The highest BCUT2D eigenvalue weighted by molar-refractivity contribution is 8.72. The quantitative estimate of drug-likeness (QED) is 0.775. The summed E-state index contributed by atoms with van der Waals surface area (Å²) in [5.74, 6) is 0. The van der Waals surface area contributed by atoms with Crippen LogP contribution < -0.4 is 0 Å². The predicted octanol–water partition coefficient (Wildman–Crippen LogP) is 1.75. The molecule has 0 aliphatic rings. The molecule has 0 aliphatic carbocycles. The summed E-state index contributed by atoms with van der Waals surface area (Å²) >= 11 is 0. The number of hydrogen-bond donors (Lipinski definition) is 0. The second-order valence-electron chi connectivity index (χ2n) is 4.17. The van der Waals surface area contributed by atoms with Crippen LogP contribution >= 0.6 is 21.6 Å². The van der Waals surface area contributed by atoms with Crippen LogP contribution in [0.25, 0.3) is 5.52 Å². The van der Waals surface area contributed by atoms with Crippen molar-refractivity contribution in [1.29, 1.82) is 0 Å². The molecule has 0 atom stereocenters. The van der Waals surface area contributed by atoms with Crippen molar-refractivity contribution < 1.29 is 16.8 Å². The molecule has 0 aromatic carbocycles. The van der Waals surface area contributed by atoms with Gasteiger partial charge in [-0.3, -0.25) is 4.98 Å². The van der Waals surface area contributed by atoms with E-state index in [2.05, 4.69) is 4.98 Å². The highest BCUT2D eigenvalue weighted by Gasteiger charge is 2.22. The number of aromatic nitrogens is 2. The zero-order valence-electron chi connectivity index (χ0n) is 10.9. The Morgan fingerprint density at radius 1 is 1.10 bits per heavy atom. The van der Waals surface area contributed by atoms with E-state index >= 15 is 0 Å². The van der Waals surface area contributed by atoms with Gasteiger partial charge in [-0.1, -0.05) is 0 Å². The summed E-state index contributed by atoms with van der Waals surface area (Å²) in [6.45, 7) is 1.70. The second-order valence-corrected chi connectivity index (χ2v) is 12.7. The van der Waals surface area contributed by atoms with Crippen molar-refractivity contribution in [3.05, 3.63) is 24.2 Å². The molecule has 0 aliphatic heterocycles. The van der Waals surface area contributed by atoms with Crippen LogP contribution in [0.1, 0.15) is 5.56 Å². The Balaban J connectivity index is 2.74. The maximum atomic E-state index is 11.5. The van der Waals surface area contributed by atoms with Crippen LogP contribution in [0.2, 0.25) is 0 Å². The number of rotatable bonds is 4. The zero-order chi connectivity index (χ0) is 15.1. The van der Waals surface area contributed by atoms with E-state index in [1.807, 2.05) is 0 Å². The van der Waals surface area contributed by atoms with Gasteiger partial charge in [-0.15, -0.1) is 0 Å². The topological polar surface area (TPSA) is 85.6 Å². The van der Waals surface area contributed by atoms with E-state index in [0.29, 0.717) is 42.6 Å². The zero-order valence-corrected chi connectivity index (χ0v) is 14.2. The fourth-order valence-electron chi connectivity index (χ4n) is 1.68. The third kappa shape index (κ3) is 3.48. The molecule has 2 rings (SSSR count). The van der Waals surface area contributed by atoms with Gasteiger partial charge in [0.2, 0.25) is 17.7 Å². The van der Waals surface area contributed by atoms with Crippen molar-refractivity contribution in [3.8, 4) is 0 Å². The minimum Gasteiger partial charge on any atom is -0.306 e. The van der Waals surface area contributed by atoms with Gasteiger partial charge in [0.25, 0.3) is 0 Å². The highest BCUT2D eigenvalue weighted by Crippen LogP contribution is 2.39. The average molecular weight is 352 g/mol. The Labute approximate surface area is 124 Å². The van der Waals surface area contributed by atoms with Crippen molar-refractivity contribution in [1.82, 2.24) is 9.38 Å². The van der Waals surface area contributed by atoms with Gasteiger partial charge in [-0.2, -0.15) is 0 Å². The lowest BCUT2D eigenvalue weighted by Gasteiger charge is -2.00. The molecule has 0 radical (unpaired) electrons. The molecule has 0 saturated heterocycles. The van der Waals surface area contributed by atoms with Gasteiger partial charge in [0, 0.05) is 46.5 Å². The molecule has 110 valence electrons. The van der Waals surface area contributed by atoms with Crippen LogP contribution in [0.5, 0.6) is 0 Å². The summed E-state index contributed by atoms with van der Waals surface area (Å²) in [7, 11) is -5.20. The average Bonchev–Trinajstić information content (AvgIpc) is 2.52. The second kappa shape index (κ2) is 5.24. The summed E-state index contributed by atoms with van der Waals surface area (Å²) in [4.78, 5) is 4.47. The van der Waals surface area contributed by atoms with Gasteiger partial charge >= 0.3 is 0 Å². The first-order chi connectivity index (χ1) is 9.08. The number of fused-ring (bicyclic) bond motifs is 1. The molecule has 6 nitrogen and oxygen atoms in total. The van der Waals surface area contributed by atoms with Crippen LogP contribution in [0, 0.1) is 6.92 Å². The van der Waals surface area contributed by atoms with Crippen LogP contribution in [0.4, 0.5) is 0 Å². The monoisotopic (exact) mass is 352 g/mol. The van der Waals surface area contributed by atoms with E-state index in [1.54, 1.807) is 17.5 Å². The smallest absolute Gasteiger partial charge is 0.204 e. The molecule has 0 unspecified atom stereocenters. The maximum Gasteiger partial charge on any atom is 0.204 e. The first-order valence-electron chi connectivity index (χ1n) is 5.32. The normalized spacial score (nSPS) is 12.9. The van der Waals surface area contributed by atoms with Crippen LogP contribution in [0.3, 0.4) is 0 Å². The molecule has 0 N–H and O–H groups in total. The van der Waals surface area contributed by atoms with E-state index in [4.69, 9.17) is 0 Å². The summed E-state index contributed by atoms with van der Waals surface area (Å²) in [6.07, 6.45) is 6.88. The fourth-order valence-corrected chi connectivity index (χ4v) is 6.27. The van der Waals surface area contributed by atoms with E-state index in [0.717, 1.165) is 12.5 Å². The predicted molar refractivity (Wildman–Crippen MR) is 81.3 cm³/mol. The lowest BCUT2D eigenvalue weighted by molar-refractivity contribution is 0.614. The molecular formula is C10H12N2O4S4. The number of nitrogens with zero attached hydrogens (tertiary/aromatic N) is 2. The Morgan fingerprint density at radius 2 is 1.70 bits per heavy atom. The van der Waals surface area contributed by atoms with Crippen molar-refractivity contribution >= 4 is 44.8 Å². The minimum absolute atomic E-state index is 0.482. The van der Waals surface area contributed by atoms with E-state index < -0.39 is 17.7 Å². The standard InChI is InChI=1S/C10H12N2O4S4/c1-7-9(17-19(2,13)14)8-6-11-4-5-12(8)10(7)18-20(3,15)16/h4-6H,1-3H3. The van der Waals surface area contributed by atoms with Gasteiger partial charge < -0.3 is 4.40 Å². The molecule has 2 aromatic rings. The first kappa shape index (κ1) is 15.7. The van der Waals surface area contributed by atoms with E-state index in [9.17, 15) is 16.8 Å². The maximum absolute atomic E-state index is 11.5. The van der Waals surface area contributed by atoms with E-state index in [1.165, 1.54) is 12.4 Å². The molecule has 0 fully saturated rings. The Kier molecular flexibility index (Phi) is 4.11.